The van der Waals surface area contributed by atoms with Gasteiger partial charge in [-0.2, -0.15) is 0 Å². The van der Waals surface area contributed by atoms with E-state index in [2.05, 4.69) is 44.9 Å². The first-order chi connectivity index (χ1) is 15.8. The van der Waals surface area contributed by atoms with E-state index in [0.717, 1.165) is 53.5 Å². The van der Waals surface area contributed by atoms with Crippen molar-refractivity contribution in [3.63, 3.8) is 0 Å². The van der Waals surface area contributed by atoms with Gasteiger partial charge in [0, 0.05) is 35.2 Å². The van der Waals surface area contributed by atoms with E-state index in [9.17, 15) is 4.79 Å². The van der Waals surface area contributed by atoms with Crippen LogP contribution in [-0.4, -0.2) is 33.4 Å². The zero-order valence-corrected chi connectivity index (χ0v) is 17.7. The maximum absolute atomic E-state index is 13.5. The van der Waals surface area contributed by atoms with Crippen LogP contribution in [-0.2, 0) is 6.42 Å². The standard InChI is InChI=1S/C28H23N3O/c32-28(22-12-13-25-26(16-22)30-18-29-25)31-14-4-7-23-24-15-20(10-11-21(24)17-27(23)31)9-8-19-5-2-1-3-6-19/h1-3,5-6,10-13,15-16,18,23,27H,4,7,14,17H2,(H,29,30)/t23-,27+/m0/s1. The summed E-state index contributed by atoms with van der Waals surface area (Å²) in [6, 6.07) is 22.6. The number of hydrogen-bond donors (Lipinski definition) is 1. The number of carbonyl (C=O) groups is 1. The van der Waals surface area contributed by atoms with Gasteiger partial charge in [-0.25, -0.2) is 4.98 Å². The number of nitrogens with one attached hydrogen (secondary N) is 1. The van der Waals surface area contributed by atoms with Gasteiger partial charge in [-0.05, 0) is 72.9 Å². The summed E-state index contributed by atoms with van der Waals surface area (Å²) in [5.74, 6) is 7.09. The van der Waals surface area contributed by atoms with Gasteiger partial charge in [0.15, 0.2) is 0 Å². The van der Waals surface area contributed by atoms with Gasteiger partial charge >= 0.3 is 0 Å². The fourth-order valence-corrected chi connectivity index (χ4v) is 5.25. The maximum Gasteiger partial charge on any atom is 0.254 e. The van der Waals surface area contributed by atoms with Crippen molar-refractivity contribution in [3.05, 3.63) is 101 Å². The van der Waals surface area contributed by atoms with Crippen LogP contribution in [0.15, 0.2) is 73.1 Å². The molecule has 4 heteroatoms. The highest BCUT2D eigenvalue weighted by atomic mass is 16.2. The number of imidazole rings is 1. The van der Waals surface area contributed by atoms with E-state index in [0.29, 0.717) is 5.92 Å². The molecule has 2 atom stereocenters. The number of rotatable bonds is 1. The Morgan fingerprint density at radius 3 is 2.78 bits per heavy atom. The highest BCUT2D eigenvalue weighted by Crippen LogP contribution is 2.43. The van der Waals surface area contributed by atoms with Crippen molar-refractivity contribution >= 4 is 16.9 Å². The van der Waals surface area contributed by atoms with E-state index >= 15 is 0 Å². The summed E-state index contributed by atoms with van der Waals surface area (Å²) in [5.41, 5.74) is 7.31. The lowest BCUT2D eigenvalue weighted by Gasteiger charge is -2.38. The summed E-state index contributed by atoms with van der Waals surface area (Å²) in [5, 5.41) is 0. The smallest absolute Gasteiger partial charge is 0.254 e. The van der Waals surface area contributed by atoms with Crippen LogP contribution in [0.25, 0.3) is 11.0 Å². The lowest BCUT2D eigenvalue weighted by Crippen LogP contribution is -2.46. The molecule has 2 heterocycles. The molecule has 4 nitrogen and oxygen atoms in total. The third kappa shape index (κ3) is 3.27. The van der Waals surface area contributed by atoms with Crippen molar-refractivity contribution in [3.8, 4) is 11.8 Å². The minimum atomic E-state index is 0.119. The summed E-state index contributed by atoms with van der Waals surface area (Å²) in [7, 11) is 0. The maximum atomic E-state index is 13.5. The molecule has 156 valence electrons. The fourth-order valence-electron chi connectivity index (χ4n) is 5.25. The summed E-state index contributed by atoms with van der Waals surface area (Å²) in [4.78, 5) is 22.9. The van der Waals surface area contributed by atoms with Crippen molar-refractivity contribution in [2.24, 2.45) is 0 Å². The molecule has 1 N–H and O–H groups in total. The Kier molecular flexibility index (Phi) is 4.54. The first kappa shape index (κ1) is 18.9. The van der Waals surface area contributed by atoms with Crippen molar-refractivity contribution < 1.29 is 4.79 Å². The molecule has 0 radical (unpaired) electrons. The van der Waals surface area contributed by atoms with Crippen LogP contribution in [0.3, 0.4) is 0 Å². The quantitative estimate of drug-likeness (QED) is 0.448. The summed E-state index contributed by atoms with van der Waals surface area (Å²) < 4.78 is 0. The predicted molar refractivity (Wildman–Crippen MR) is 125 cm³/mol. The van der Waals surface area contributed by atoms with E-state index < -0.39 is 0 Å². The largest absolute Gasteiger partial charge is 0.345 e. The third-order valence-corrected chi connectivity index (χ3v) is 6.81. The van der Waals surface area contributed by atoms with Crippen molar-refractivity contribution in [1.29, 1.82) is 0 Å². The Morgan fingerprint density at radius 1 is 1.00 bits per heavy atom. The van der Waals surface area contributed by atoms with Gasteiger partial charge in [0.2, 0.25) is 0 Å². The number of hydrogen-bond acceptors (Lipinski definition) is 2. The van der Waals surface area contributed by atoms with E-state index in [4.69, 9.17) is 0 Å². The minimum absolute atomic E-state index is 0.119. The molecule has 0 saturated carbocycles. The van der Waals surface area contributed by atoms with E-state index in [1.807, 2.05) is 48.5 Å². The number of benzene rings is 3. The molecule has 2 aliphatic rings. The molecule has 0 unspecified atom stereocenters. The first-order valence-corrected chi connectivity index (χ1v) is 11.2. The van der Waals surface area contributed by atoms with Crippen LogP contribution in [0, 0.1) is 11.8 Å². The van der Waals surface area contributed by atoms with Gasteiger partial charge in [-0.1, -0.05) is 36.1 Å². The highest BCUT2D eigenvalue weighted by Gasteiger charge is 2.41. The monoisotopic (exact) mass is 417 g/mol. The Labute approximate surface area is 187 Å². The average molecular weight is 418 g/mol. The zero-order valence-electron chi connectivity index (χ0n) is 17.7. The van der Waals surface area contributed by atoms with E-state index in [-0.39, 0.29) is 11.9 Å². The molecule has 0 spiro atoms. The number of aromatic amines is 1. The number of nitrogens with zero attached hydrogens (tertiary/aromatic N) is 2. The molecule has 1 aromatic heterocycles. The number of piperidine rings is 1. The predicted octanol–water partition coefficient (Wildman–Crippen LogP) is 4.91. The Morgan fingerprint density at radius 2 is 1.88 bits per heavy atom. The fraction of sp³-hybridized carbons (Fsp3) is 0.214. The SMILES string of the molecule is O=C(c1ccc2nc[nH]c2c1)N1CCC[C@H]2c3cc(C#Cc4ccccc4)ccc3C[C@H]21. The number of fused-ring (bicyclic) bond motifs is 4. The second-order valence-electron chi connectivity index (χ2n) is 8.68. The molecule has 0 bridgehead atoms. The Bertz CT molecular complexity index is 1380. The van der Waals surface area contributed by atoms with Gasteiger partial charge in [0.25, 0.3) is 5.91 Å². The van der Waals surface area contributed by atoms with Gasteiger partial charge in [-0.15, -0.1) is 0 Å². The van der Waals surface area contributed by atoms with E-state index in [1.54, 1.807) is 6.33 Å². The molecular weight excluding hydrogens is 394 g/mol. The Balaban J connectivity index is 1.28. The number of aromatic nitrogens is 2. The van der Waals surface area contributed by atoms with Gasteiger partial charge in [0.05, 0.1) is 17.4 Å². The van der Waals surface area contributed by atoms with Crippen molar-refractivity contribution in [1.82, 2.24) is 14.9 Å². The van der Waals surface area contributed by atoms with Crippen LogP contribution in [0.2, 0.25) is 0 Å². The lowest BCUT2D eigenvalue weighted by molar-refractivity contribution is 0.0595. The number of carbonyl (C=O) groups excluding carboxylic acids is 1. The second kappa shape index (κ2) is 7.69. The molecule has 6 rings (SSSR count). The topological polar surface area (TPSA) is 49.0 Å². The molecule has 1 aliphatic heterocycles. The summed E-state index contributed by atoms with van der Waals surface area (Å²) in [6.07, 6.45) is 4.74. The number of amides is 1. The van der Waals surface area contributed by atoms with Gasteiger partial charge in [0.1, 0.15) is 0 Å². The van der Waals surface area contributed by atoms with Crippen LogP contribution >= 0.6 is 0 Å². The third-order valence-electron chi connectivity index (χ3n) is 6.81. The highest BCUT2D eigenvalue weighted by molar-refractivity contribution is 5.97. The van der Waals surface area contributed by atoms with Crippen LogP contribution in [0.4, 0.5) is 0 Å². The van der Waals surface area contributed by atoms with Gasteiger partial charge in [-0.3, -0.25) is 4.79 Å². The molecular formula is C28H23N3O. The molecule has 3 aromatic carbocycles. The average Bonchev–Trinajstić information content (AvgIpc) is 3.46. The van der Waals surface area contributed by atoms with Crippen molar-refractivity contribution in [2.75, 3.05) is 6.54 Å². The number of likely N-dealkylation sites (tertiary alicyclic amines) is 1. The molecule has 1 aliphatic carbocycles. The van der Waals surface area contributed by atoms with Crippen LogP contribution < -0.4 is 0 Å². The van der Waals surface area contributed by atoms with E-state index in [1.165, 1.54) is 11.1 Å². The summed E-state index contributed by atoms with van der Waals surface area (Å²) >= 11 is 0. The lowest BCUT2D eigenvalue weighted by atomic mass is 9.87. The Hall–Kier alpha value is -3.84. The first-order valence-electron chi connectivity index (χ1n) is 11.2. The molecule has 1 amide bonds. The normalized spacial score (nSPS) is 19.2. The van der Waals surface area contributed by atoms with Crippen LogP contribution in [0.5, 0.6) is 0 Å². The minimum Gasteiger partial charge on any atom is -0.345 e. The van der Waals surface area contributed by atoms with Crippen molar-refractivity contribution in [2.45, 2.75) is 31.2 Å². The molecule has 4 aromatic rings. The second-order valence-corrected chi connectivity index (χ2v) is 8.68. The molecule has 1 fully saturated rings. The summed E-state index contributed by atoms with van der Waals surface area (Å²) in [6.45, 7) is 0.815. The van der Waals surface area contributed by atoms with Gasteiger partial charge < -0.3 is 9.88 Å². The zero-order chi connectivity index (χ0) is 21.5. The molecule has 32 heavy (non-hydrogen) atoms. The van der Waals surface area contributed by atoms with Crippen LogP contribution in [0.1, 0.15) is 51.4 Å². The molecule has 1 saturated heterocycles. The number of H-pyrrole nitrogens is 1.